The van der Waals surface area contributed by atoms with Crippen molar-refractivity contribution in [2.75, 3.05) is 6.54 Å². The molecule has 3 heteroatoms. The van der Waals surface area contributed by atoms with E-state index in [0.717, 1.165) is 19.4 Å². The van der Waals surface area contributed by atoms with Crippen LogP contribution in [-0.2, 0) is 6.42 Å². The Kier molecular flexibility index (Phi) is 5.36. The lowest BCUT2D eigenvalue weighted by Gasteiger charge is -1.98. The number of nitrogens with two attached hydrogens (primary N) is 1. The Labute approximate surface area is 103 Å². The normalized spacial score (nSPS) is 10.3. The van der Waals surface area contributed by atoms with E-state index in [4.69, 9.17) is 5.73 Å². The molecule has 0 spiro atoms. The highest BCUT2D eigenvalue weighted by atomic mass is 35.5. The zero-order chi connectivity index (χ0) is 10.5. The molecule has 0 unspecified atom stereocenters. The summed E-state index contributed by atoms with van der Waals surface area (Å²) in [6, 6.07) is 8.47. The van der Waals surface area contributed by atoms with Crippen LogP contribution >= 0.6 is 12.4 Å². The van der Waals surface area contributed by atoms with Crippen LogP contribution in [0, 0.1) is 0 Å². The Morgan fingerprint density at radius 2 is 1.88 bits per heavy atom. The number of aromatic amines is 1. The molecule has 0 aliphatic carbocycles. The summed E-state index contributed by atoms with van der Waals surface area (Å²) in [7, 11) is 0. The van der Waals surface area contributed by atoms with Crippen LogP contribution in [0.1, 0.15) is 24.8 Å². The van der Waals surface area contributed by atoms with Gasteiger partial charge in [0.05, 0.1) is 0 Å². The molecule has 0 aliphatic heterocycles. The van der Waals surface area contributed by atoms with Crippen LogP contribution in [0.15, 0.2) is 30.5 Å². The van der Waals surface area contributed by atoms with E-state index in [1.54, 1.807) is 0 Å². The molecule has 0 fully saturated rings. The van der Waals surface area contributed by atoms with Crippen LogP contribution in [0.4, 0.5) is 0 Å². The van der Waals surface area contributed by atoms with Crippen molar-refractivity contribution in [3.63, 3.8) is 0 Å². The van der Waals surface area contributed by atoms with Crippen molar-refractivity contribution in [1.29, 1.82) is 0 Å². The van der Waals surface area contributed by atoms with Crippen LogP contribution in [0.5, 0.6) is 0 Å². The van der Waals surface area contributed by atoms with Gasteiger partial charge in [0.15, 0.2) is 0 Å². The fraction of sp³-hybridized carbons (Fsp3) is 0.385. The van der Waals surface area contributed by atoms with Crippen molar-refractivity contribution in [1.82, 2.24) is 4.98 Å². The number of fused-ring (bicyclic) bond motifs is 1. The second kappa shape index (κ2) is 6.56. The van der Waals surface area contributed by atoms with Crippen LogP contribution in [0.25, 0.3) is 10.9 Å². The van der Waals surface area contributed by atoms with E-state index in [2.05, 4.69) is 35.4 Å². The fourth-order valence-electron chi connectivity index (χ4n) is 1.98. The zero-order valence-corrected chi connectivity index (χ0v) is 10.2. The number of halogens is 1. The van der Waals surface area contributed by atoms with Gasteiger partial charge in [-0.15, -0.1) is 12.4 Å². The molecule has 1 aromatic carbocycles. The number of hydrogen-bond donors (Lipinski definition) is 2. The highest BCUT2D eigenvalue weighted by molar-refractivity contribution is 5.85. The monoisotopic (exact) mass is 238 g/mol. The molecule has 0 saturated carbocycles. The van der Waals surface area contributed by atoms with Crippen molar-refractivity contribution in [3.8, 4) is 0 Å². The molecule has 0 radical (unpaired) electrons. The second-order valence-corrected chi connectivity index (χ2v) is 3.96. The molecule has 3 N–H and O–H groups in total. The van der Waals surface area contributed by atoms with E-state index in [1.807, 2.05) is 0 Å². The molecule has 2 aromatic rings. The maximum absolute atomic E-state index is 5.47. The fourth-order valence-corrected chi connectivity index (χ4v) is 1.98. The van der Waals surface area contributed by atoms with E-state index in [9.17, 15) is 0 Å². The van der Waals surface area contributed by atoms with Crippen LogP contribution in [0.2, 0.25) is 0 Å². The minimum absolute atomic E-state index is 0. The SMILES string of the molecule is Cl.NCCCCCc1c[nH]c2ccccc12. The molecular weight excluding hydrogens is 220 g/mol. The van der Waals surface area contributed by atoms with Gasteiger partial charge < -0.3 is 10.7 Å². The first-order valence-corrected chi connectivity index (χ1v) is 5.67. The minimum Gasteiger partial charge on any atom is -0.361 e. The van der Waals surface area contributed by atoms with E-state index in [-0.39, 0.29) is 12.4 Å². The molecular formula is C13H19ClN2. The quantitative estimate of drug-likeness (QED) is 0.772. The summed E-state index contributed by atoms with van der Waals surface area (Å²) >= 11 is 0. The Hall–Kier alpha value is -0.990. The number of rotatable bonds is 5. The summed E-state index contributed by atoms with van der Waals surface area (Å²) < 4.78 is 0. The number of aromatic nitrogens is 1. The van der Waals surface area contributed by atoms with E-state index >= 15 is 0 Å². The summed E-state index contributed by atoms with van der Waals surface area (Å²) in [4.78, 5) is 3.30. The minimum atomic E-state index is 0. The van der Waals surface area contributed by atoms with Gasteiger partial charge in [-0.2, -0.15) is 0 Å². The Morgan fingerprint density at radius 1 is 1.06 bits per heavy atom. The first-order valence-electron chi connectivity index (χ1n) is 5.67. The zero-order valence-electron chi connectivity index (χ0n) is 9.41. The topological polar surface area (TPSA) is 41.8 Å². The Balaban J connectivity index is 0.00000128. The highest BCUT2D eigenvalue weighted by Gasteiger charge is 2.01. The van der Waals surface area contributed by atoms with E-state index < -0.39 is 0 Å². The van der Waals surface area contributed by atoms with Crippen molar-refractivity contribution in [3.05, 3.63) is 36.0 Å². The molecule has 1 heterocycles. The van der Waals surface area contributed by atoms with Crippen molar-refractivity contribution < 1.29 is 0 Å². The number of aryl methyl sites for hydroxylation is 1. The molecule has 2 nitrogen and oxygen atoms in total. The average Bonchev–Trinajstić information content (AvgIpc) is 2.68. The van der Waals surface area contributed by atoms with E-state index in [0.29, 0.717) is 0 Å². The van der Waals surface area contributed by atoms with Crippen LogP contribution in [-0.4, -0.2) is 11.5 Å². The summed E-state index contributed by atoms with van der Waals surface area (Å²) in [5, 5.41) is 1.37. The van der Waals surface area contributed by atoms with Gasteiger partial charge in [0, 0.05) is 17.1 Å². The number of benzene rings is 1. The number of para-hydroxylation sites is 1. The molecule has 2 rings (SSSR count). The summed E-state index contributed by atoms with van der Waals surface area (Å²) in [6.07, 6.45) is 6.90. The molecule has 0 amide bonds. The van der Waals surface area contributed by atoms with Gasteiger partial charge in [0.2, 0.25) is 0 Å². The molecule has 88 valence electrons. The van der Waals surface area contributed by atoms with Gasteiger partial charge in [0.1, 0.15) is 0 Å². The molecule has 0 saturated heterocycles. The molecule has 16 heavy (non-hydrogen) atoms. The second-order valence-electron chi connectivity index (χ2n) is 3.96. The highest BCUT2D eigenvalue weighted by Crippen LogP contribution is 2.19. The van der Waals surface area contributed by atoms with Gasteiger partial charge in [-0.3, -0.25) is 0 Å². The lowest BCUT2D eigenvalue weighted by Crippen LogP contribution is -1.98. The predicted molar refractivity (Wildman–Crippen MR) is 72.2 cm³/mol. The smallest absolute Gasteiger partial charge is 0.0456 e. The van der Waals surface area contributed by atoms with Gasteiger partial charge in [-0.05, 0) is 37.4 Å². The first-order chi connectivity index (χ1) is 7.42. The van der Waals surface area contributed by atoms with Gasteiger partial charge in [-0.25, -0.2) is 0 Å². The Morgan fingerprint density at radius 3 is 2.69 bits per heavy atom. The standard InChI is InChI=1S/C13H18N2.ClH/c14-9-5-1-2-6-11-10-15-13-8-4-3-7-12(11)13;/h3-4,7-8,10,15H,1-2,5-6,9,14H2;1H. The van der Waals surface area contributed by atoms with Crippen molar-refractivity contribution >= 4 is 23.3 Å². The lowest BCUT2D eigenvalue weighted by atomic mass is 10.1. The van der Waals surface area contributed by atoms with Crippen molar-refractivity contribution in [2.45, 2.75) is 25.7 Å². The molecule has 0 bridgehead atoms. The third kappa shape index (κ3) is 3.00. The van der Waals surface area contributed by atoms with Crippen LogP contribution in [0.3, 0.4) is 0 Å². The van der Waals surface area contributed by atoms with Gasteiger partial charge in [-0.1, -0.05) is 24.6 Å². The first kappa shape index (κ1) is 13.1. The van der Waals surface area contributed by atoms with Crippen LogP contribution < -0.4 is 5.73 Å². The molecule has 1 aromatic heterocycles. The summed E-state index contributed by atoms with van der Waals surface area (Å²) in [5.41, 5.74) is 8.15. The largest absolute Gasteiger partial charge is 0.361 e. The average molecular weight is 239 g/mol. The lowest BCUT2D eigenvalue weighted by molar-refractivity contribution is 0.688. The summed E-state index contributed by atoms with van der Waals surface area (Å²) in [5.74, 6) is 0. The number of nitrogens with one attached hydrogen (secondary N) is 1. The third-order valence-electron chi connectivity index (χ3n) is 2.83. The number of H-pyrrole nitrogens is 1. The van der Waals surface area contributed by atoms with Gasteiger partial charge >= 0.3 is 0 Å². The third-order valence-corrected chi connectivity index (χ3v) is 2.83. The maximum Gasteiger partial charge on any atom is 0.0456 e. The van der Waals surface area contributed by atoms with E-state index in [1.165, 1.54) is 29.3 Å². The Bertz CT molecular complexity index is 423. The summed E-state index contributed by atoms with van der Waals surface area (Å²) in [6.45, 7) is 0.813. The number of unbranched alkanes of at least 4 members (excludes halogenated alkanes) is 2. The predicted octanol–water partition coefficient (Wildman–Crippen LogP) is 3.26. The van der Waals surface area contributed by atoms with Gasteiger partial charge in [0.25, 0.3) is 0 Å². The maximum atomic E-state index is 5.47. The van der Waals surface area contributed by atoms with Crippen molar-refractivity contribution in [2.24, 2.45) is 5.73 Å². The molecule has 0 atom stereocenters. The molecule has 0 aliphatic rings. The number of hydrogen-bond acceptors (Lipinski definition) is 1.